The maximum Gasteiger partial charge on any atom is 0.112 e. The summed E-state index contributed by atoms with van der Waals surface area (Å²) in [5.41, 5.74) is 3.94. The Labute approximate surface area is 179 Å². The minimum Gasteiger partial charge on any atom is -0.371 e. The second-order valence-corrected chi connectivity index (χ2v) is 8.42. The van der Waals surface area contributed by atoms with Gasteiger partial charge in [-0.05, 0) is 29.5 Å². The van der Waals surface area contributed by atoms with Crippen molar-refractivity contribution in [2.24, 2.45) is 0 Å². The third-order valence-corrected chi connectivity index (χ3v) is 6.29. The zero-order chi connectivity index (χ0) is 20.2. The lowest BCUT2D eigenvalue weighted by Crippen LogP contribution is -2.44. The highest BCUT2D eigenvalue weighted by Crippen LogP contribution is 2.42. The summed E-state index contributed by atoms with van der Waals surface area (Å²) in [6.07, 6.45) is 2.90. The van der Waals surface area contributed by atoms with Crippen LogP contribution in [-0.4, -0.2) is 29.3 Å². The Morgan fingerprint density at radius 1 is 0.667 bits per heavy atom. The van der Waals surface area contributed by atoms with Crippen molar-refractivity contribution in [2.45, 2.75) is 56.9 Å². The molecular formula is C27H29NO2. The molecule has 2 fully saturated rings. The molecule has 1 aliphatic carbocycles. The topological polar surface area (TPSA) is 25.0 Å². The van der Waals surface area contributed by atoms with E-state index >= 15 is 0 Å². The van der Waals surface area contributed by atoms with Crippen LogP contribution in [0.25, 0.3) is 0 Å². The van der Waals surface area contributed by atoms with Gasteiger partial charge in [0, 0.05) is 19.1 Å². The highest BCUT2D eigenvalue weighted by Gasteiger charge is 2.54. The van der Waals surface area contributed by atoms with Crippen LogP contribution < -0.4 is 0 Å². The van der Waals surface area contributed by atoms with Gasteiger partial charge >= 0.3 is 0 Å². The van der Waals surface area contributed by atoms with E-state index in [1.165, 1.54) is 16.7 Å². The SMILES string of the molecule is c1ccc(CO[C@H]2CC[C@@H](N(Cc3ccccc3)Cc3ccccc3)[C@H]3O[C@H]32)cc1. The molecule has 3 aromatic carbocycles. The standard InChI is InChI=1S/C27H29NO2/c1-4-10-21(11-5-1)18-28(19-22-12-6-2-7-13-22)24-16-17-25(27-26(24)30-27)29-20-23-14-8-3-9-15-23/h1-15,24-27H,16-20H2/t24-,25+,26-,27+/m1/s1. The van der Waals surface area contributed by atoms with Gasteiger partial charge in [-0.1, -0.05) is 91.0 Å². The first-order valence-corrected chi connectivity index (χ1v) is 11.0. The smallest absolute Gasteiger partial charge is 0.112 e. The van der Waals surface area contributed by atoms with E-state index < -0.39 is 0 Å². The first kappa shape index (κ1) is 19.5. The van der Waals surface area contributed by atoms with E-state index in [1.807, 2.05) is 6.07 Å². The van der Waals surface area contributed by atoms with E-state index in [4.69, 9.17) is 9.47 Å². The van der Waals surface area contributed by atoms with E-state index in [0.29, 0.717) is 12.6 Å². The minimum absolute atomic E-state index is 0.210. The molecule has 3 nitrogen and oxygen atoms in total. The zero-order valence-electron chi connectivity index (χ0n) is 17.3. The zero-order valence-corrected chi connectivity index (χ0v) is 17.3. The molecule has 154 valence electrons. The third-order valence-electron chi connectivity index (χ3n) is 6.29. The van der Waals surface area contributed by atoms with Crippen LogP contribution in [0.5, 0.6) is 0 Å². The van der Waals surface area contributed by atoms with Crippen molar-refractivity contribution in [1.29, 1.82) is 0 Å². The Morgan fingerprint density at radius 2 is 1.20 bits per heavy atom. The van der Waals surface area contributed by atoms with E-state index in [0.717, 1.165) is 25.9 Å². The minimum atomic E-state index is 0.210. The van der Waals surface area contributed by atoms with Crippen molar-refractivity contribution in [3.63, 3.8) is 0 Å². The number of nitrogens with zero attached hydrogens (tertiary/aromatic N) is 1. The highest BCUT2D eigenvalue weighted by molar-refractivity contribution is 5.19. The van der Waals surface area contributed by atoms with Crippen molar-refractivity contribution in [3.05, 3.63) is 108 Å². The van der Waals surface area contributed by atoms with Gasteiger partial charge in [-0.15, -0.1) is 0 Å². The number of rotatable bonds is 8. The maximum atomic E-state index is 6.24. The second-order valence-electron chi connectivity index (χ2n) is 8.42. The van der Waals surface area contributed by atoms with Crippen molar-refractivity contribution in [3.8, 4) is 0 Å². The van der Waals surface area contributed by atoms with Gasteiger partial charge in [-0.25, -0.2) is 0 Å². The summed E-state index contributed by atoms with van der Waals surface area (Å²) in [4.78, 5) is 2.60. The van der Waals surface area contributed by atoms with Gasteiger partial charge in [0.1, 0.15) is 12.2 Å². The van der Waals surface area contributed by atoms with Crippen LogP contribution in [0.3, 0.4) is 0 Å². The fourth-order valence-electron chi connectivity index (χ4n) is 4.68. The molecule has 30 heavy (non-hydrogen) atoms. The summed E-state index contributed by atoms with van der Waals surface area (Å²) in [5.74, 6) is 0. The Bertz CT molecular complexity index is 874. The van der Waals surface area contributed by atoms with Crippen molar-refractivity contribution < 1.29 is 9.47 Å². The van der Waals surface area contributed by atoms with Crippen LogP contribution >= 0.6 is 0 Å². The average molecular weight is 400 g/mol. The van der Waals surface area contributed by atoms with E-state index in [9.17, 15) is 0 Å². The molecule has 0 radical (unpaired) electrons. The molecule has 4 atom stereocenters. The fourth-order valence-corrected chi connectivity index (χ4v) is 4.68. The van der Waals surface area contributed by atoms with Crippen molar-refractivity contribution in [1.82, 2.24) is 4.90 Å². The van der Waals surface area contributed by atoms with E-state index in [-0.39, 0.29) is 18.3 Å². The predicted octanol–water partition coefficient (Wildman–Crippen LogP) is 5.20. The summed E-state index contributed by atoms with van der Waals surface area (Å²) >= 11 is 0. The maximum absolute atomic E-state index is 6.24. The van der Waals surface area contributed by atoms with Crippen molar-refractivity contribution in [2.75, 3.05) is 0 Å². The molecule has 0 amide bonds. The molecule has 1 heterocycles. The van der Waals surface area contributed by atoms with Gasteiger partial charge in [0.25, 0.3) is 0 Å². The summed E-state index contributed by atoms with van der Waals surface area (Å²) < 4.78 is 12.4. The van der Waals surface area contributed by atoms with Crippen molar-refractivity contribution >= 4 is 0 Å². The predicted molar refractivity (Wildman–Crippen MR) is 119 cm³/mol. The number of benzene rings is 3. The van der Waals surface area contributed by atoms with Crippen LogP contribution in [0.15, 0.2) is 91.0 Å². The molecule has 0 bridgehead atoms. The van der Waals surface area contributed by atoms with Crippen LogP contribution in [0, 0.1) is 0 Å². The Balaban J connectivity index is 1.25. The van der Waals surface area contributed by atoms with Gasteiger partial charge < -0.3 is 9.47 Å². The lowest BCUT2D eigenvalue weighted by Gasteiger charge is -2.34. The number of epoxide rings is 1. The summed E-state index contributed by atoms with van der Waals surface area (Å²) in [7, 11) is 0. The first-order chi connectivity index (χ1) is 14.9. The van der Waals surface area contributed by atoms with Gasteiger partial charge in [-0.3, -0.25) is 4.90 Å². The molecule has 0 N–H and O–H groups in total. The molecule has 1 saturated carbocycles. The lowest BCUT2D eigenvalue weighted by molar-refractivity contribution is 0.00475. The van der Waals surface area contributed by atoms with Gasteiger partial charge in [0.05, 0.1) is 12.7 Å². The lowest BCUT2D eigenvalue weighted by atomic mass is 9.91. The molecule has 3 aromatic rings. The van der Waals surface area contributed by atoms with Crippen LogP contribution in [0.1, 0.15) is 29.5 Å². The molecule has 5 rings (SSSR count). The average Bonchev–Trinajstić information content (AvgIpc) is 3.60. The number of ether oxygens (including phenoxy) is 2. The quantitative estimate of drug-likeness (QED) is 0.487. The normalized spacial score (nSPS) is 25.1. The first-order valence-electron chi connectivity index (χ1n) is 11.0. The fraction of sp³-hybridized carbons (Fsp3) is 0.333. The molecule has 0 aromatic heterocycles. The monoisotopic (exact) mass is 399 g/mol. The molecule has 1 aliphatic heterocycles. The highest BCUT2D eigenvalue weighted by atomic mass is 16.6. The Hall–Kier alpha value is -2.46. The summed E-state index contributed by atoms with van der Waals surface area (Å²) in [6, 6.07) is 32.4. The van der Waals surface area contributed by atoms with Crippen LogP contribution in [0.2, 0.25) is 0 Å². The Morgan fingerprint density at radius 3 is 1.77 bits per heavy atom. The third kappa shape index (κ3) is 4.65. The molecule has 3 heteroatoms. The van der Waals surface area contributed by atoms with Gasteiger partial charge in [0.2, 0.25) is 0 Å². The molecule has 2 aliphatic rings. The summed E-state index contributed by atoms with van der Waals surface area (Å²) in [6.45, 7) is 2.56. The molecule has 0 spiro atoms. The molecule has 1 saturated heterocycles. The summed E-state index contributed by atoms with van der Waals surface area (Å²) in [5, 5.41) is 0. The van der Waals surface area contributed by atoms with E-state index in [2.05, 4.69) is 89.8 Å². The van der Waals surface area contributed by atoms with Crippen LogP contribution in [-0.2, 0) is 29.2 Å². The van der Waals surface area contributed by atoms with Crippen LogP contribution in [0.4, 0.5) is 0 Å². The van der Waals surface area contributed by atoms with Gasteiger partial charge in [0.15, 0.2) is 0 Å². The number of fused-ring (bicyclic) bond motifs is 1. The number of hydrogen-bond donors (Lipinski definition) is 0. The van der Waals surface area contributed by atoms with Gasteiger partial charge in [-0.2, -0.15) is 0 Å². The molecular weight excluding hydrogens is 370 g/mol. The molecule has 0 unspecified atom stereocenters. The Kier molecular flexibility index (Phi) is 5.94. The number of hydrogen-bond acceptors (Lipinski definition) is 3. The second kappa shape index (κ2) is 9.13. The largest absolute Gasteiger partial charge is 0.371 e. The van der Waals surface area contributed by atoms with E-state index in [1.54, 1.807) is 0 Å².